The lowest BCUT2D eigenvalue weighted by Gasteiger charge is -2.13. The van der Waals surface area contributed by atoms with Crippen LogP contribution in [0.5, 0.6) is 0 Å². The molecule has 2 heterocycles. The molecule has 3 aromatic rings. The minimum absolute atomic E-state index is 0.0613. The van der Waals surface area contributed by atoms with Crippen molar-refractivity contribution in [1.82, 2.24) is 14.6 Å². The Morgan fingerprint density at radius 3 is 2.68 bits per heavy atom. The van der Waals surface area contributed by atoms with E-state index in [2.05, 4.69) is 21.0 Å². The lowest BCUT2D eigenvalue weighted by Crippen LogP contribution is -2.25. The normalized spacial score (nSPS) is 14.3. The molecule has 0 unspecified atom stereocenters. The van der Waals surface area contributed by atoms with Gasteiger partial charge in [0.1, 0.15) is 0 Å². The predicted octanol–water partition coefficient (Wildman–Crippen LogP) is 3.64. The molecule has 1 aliphatic rings. The van der Waals surface area contributed by atoms with Gasteiger partial charge in [0, 0.05) is 21.3 Å². The average Bonchev–Trinajstić information content (AvgIpc) is 2.85. The third-order valence-electron chi connectivity index (χ3n) is 4.36. The minimum atomic E-state index is 0.0613. The van der Waals surface area contributed by atoms with Gasteiger partial charge in [-0.2, -0.15) is 0 Å². The highest BCUT2D eigenvalue weighted by Gasteiger charge is 2.20. The van der Waals surface area contributed by atoms with E-state index in [1.54, 1.807) is 4.52 Å². The Labute approximate surface area is 136 Å². The summed E-state index contributed by atoms with van der Waals surface area (Å²) in [6, 6.07) is 8.11. The fourth-order valence-electron chi connectivity index (χ4n) is 3.28. The standard InChI is InChI=1S/C17H16BrN3O/c1-10-15(11-6-8-12(18)9-7-11)16-19-14-5-3-2-4-13(14)17(22)21(16)20-10/h6-9,20H,2-5H2,1H3. The van der Waals surface area contributed by atoms with Gasteiger partial charge in [0.05, 0.1) is 5.69 Å². The van der Waals surface area contributed by atoms with E-state index in [1.165, 1.54) is 0 Å². The molecule has 1 N–H and O–H groups in total. The largest absolute Gasteiger partial charge is 0.293 e. The van der Waals surface area contributed by atoms with Crippen LogP contribution < -0.4 is 5.56 Å². The maximum absolute atomic E-state index is 12.7. The fourth-order valence-corrected chi connectivity index (χ4v) is 3.54. The van der Waals surface area contributed by atoms with E-state index in [1.807, 2.05) is 31.2 Å². The third-order valence-corrected chi connectivity index (χ3v) is 4.89. The van der Waals surface area contributed by atoms with Crippen molar-refractivity contribution < 1.29 is 0 Å². The van der Waals surface area contributed by atoms with E-state index < -0.39 is 0 Å². The van der Waals surface area contributed by atoms with E-state index >= 15 is 0 Å². The molecule has 0 atom stereocenters. The van der Waals surface area contributed by atoms with Crippen LogP contribution in [0.3, 0.4) is 0 Å². The summed E-state index contributed by atoms with van der Waals surface area (Å²) in [5.41, 5.74) is 5.71. The number of hydrogen-bond acceptors (Lipinski definition) is 2. The van der Waals surface area contributed by atoms with Gasteiger partial charge in [0.15, 0.2) is 5.65 Å². The Hall–Kier alpha value is -1.88. The number of benzene rings is 1. The van der Waals surface area contributed by atoms with Crippen LogP contribution in [0.25, 0.3) is 16.8 Å². The molecule has 0 aliphatic heterocycles. The average molecular weight is 358 g/mol. The van der Waals surface area contributed by atoms with Gasteiger partial charge in [-0.3, -0.25) is 9.89 Å². The number of rotatable bonds is 1. The van der Waals surface area contributed by atoms with Crippen LogP contribution >= 0.6 is 15.9 Å². The number of hydrogen-bond donors (Lipinski definition) is 1. The highest BCUT2D eigenvalue weighted by atomic mass is 79.9. The Bertz CT molecular complexity index is 922. The van der Waals surface area contributed by atoms with Crippen LogP contribution in [-0.2, 0) is 12.8 Å². The zero-order chi connectivity index (χ0) is 15.3. The molecule has 112 valence electrons. The monoisotopic (exact) mass is 357 g/mol. The van der Waals surface area contributed by atoms with E-state index in [4.69, 9.17) is 4.98 Å². The van der Waals surface area contributed by atoms with Crippen molar-refractivity contribution in [2.24, 2.45) is 0 Å². The van der Waals surface area contributed by atoms with Gasteiger partial charge in [-0.05, 0) is 50.3 Å². The van der Waals surface area contributed by atoms with E-state index in [0.717, 1.165) is 63.9 Å². The van der Waals surface area contributed by atoms with Crippen LogP contribution in [0.15, 0.2) is 33.5 Å². The smallest absolute Gasteiger partial charge is 0.276 e. The number of aromatic nitrogens is 3. The predicted molar refractivity (Wildman–Crippen MR) is 90.3 cm³/mol. The number of aromatic amines is 1. The molecule has 0 saturated carbocycles. The molecule has 5 heteroatoms. The first-order valence-electron chi connectivity index (χ1n) is 7.54. The van der Waals surface area contributed by atoms with Gasteiger partial charge in [0.2, 0.25) is 0 Å². The van der Waals surface area contributed by atoms with Crippen molar-refractivity contribution in [3.8, 4) is 11.1 Å². The Morgan fingerprint density at radius 1 is 1.18 bits per heavy atom. The van der Waals surface area contributed by atoms with Gasteiger partial charge in [-0.25, -0.2) is 9.50 Å². The first-order valence-corrected chi connectivity index (χ1v) is 8.33. The van der Waals surface area contributed by atoms with Crippen LogP contribution in [0.2, 0.25) is 0 Å². The molecule has 0 spiro atoms. The number of fused-ring (bicyclic) bond motifs is 2. The molecule has 1 aromatic carbocycles. The molecule has 0 radical (unpaired) electrons. The van der Waals surface area contributed by atoms with E-state index in [9.17, 15) is 4.79 Å². The van der Waals surface area contributed by atoms with Crippen molar-refractivity contribution in [2.75, 3.05) is 0 Å². The van der Waals surface area contributed by atoms with Crippen molar-refractivity contribution >= 4 is 21.6 Å². The summed E-state index contributed by atoms with van der Waals surface area (Å²) in [7, 11) is 0. The van der Waals surface area contributed by atoms with Crippen molar-refractivity contribution in [2.45, 2.75) is 32.6 Å². The molecule has 0 fully saturated rings. The van der Waals surface area contributed by atoms with Crippen molar-refractivity contribution in [1.29, 1.82) is 0 Å². The number of nitrogens with one attached hydrogen (secondary N) is 1. The second-order valence-electron chi connectivity index (χ2n) is 5.83. The van der Waals surface area contributed by atoms with Crippen LogP contribution in [0.4, 0.5) is 0 Å². The molecule has 22 heavy (non-hydrogen) atoms. The van der Waals surface area contributed by atoms with Crippen LogP contribution in [0, 0.1) is 6.92 Å². The summed E-state index contributed by atoms with van der Waals surface area (Å²) in [5.74, 6) is 0. The van der Waals surface area contributed by atoms with Gasteiger partial charge in [0.25, 0.3) is 5.56 Å². The number of H-pyrrole nitrogens is 1. The Morgan fingerprint density at radius 2 is 1.91 bits per heavy atom. The highest BCUT2D eigenvalue weighted by molar-refractivity contribution is 9.10. The quantitative estimate of drug-likeness (QED) is 0.722. The summed E-state index contributed by atoms with van der Waals surface area (Å²) < 4.78 is 2.65. The summed E-state index contributed by atoms with van der Waals surface area (Å²) in [5, 5.41) is 3.19. The van der Waals surface area contributed by atoms with E-state index in [0.29, 0.717) is 0 Å². The number of halogens is 1. The molecule has 4 rings (SSSR count). The first kappa shape index (κ1) is 13.8. The topological polar surface area (TPSA) is 50.2 Å². The molecule has 2 aromatic heterocycles. The second kappa shape index (κ2) is 5.09. The summed E-state index contributed by atoms with van der Waals surface area (Å²) >= 11 is 3.46. The molecule has 0 saturated heterocycles. The minimum Gasteiger partial charge on any atom is -0.293 e. The summed E-state index contributed by atoms with van der Waals surface area (Å²) in [6.07, 6.45) is 3.95. The zero-order valence-corrected chi connectivity index (χ0v) is 13.9. The van der Waals surface area contributed by atoms with Crippen molar-refractivity contribution in [3.05, 3.63) is 56.0 Å². The molecule has 1 aliphatic carbocycles. The zero-order valence-electron chi connectivity index (χ0n) is 12.3. The SMILES string of the molecule is Cc1[nH]n2c(=O)c3c(nc2c1-c1ccc(Br)cc1)CCCC3. The molecule has 0 bridgehead atoms. The maximum atomic E-state index is 12.7. The first-order chi connectivity index (χ1) is 10.6. The molecule has 4 nitrogen and oxygen atoms in total. The second-order valence-corrected chi connectivity index (χ2v) is 6.74. The lowest BCUT2D eigenvalue weighted by atomic mass is 9.97. The van der Waals surface area contributed by atoms with Gasteiger partial charge < -0.3 is 0 Å². The summed E-state index contributed by atoms with van der Waals surface area (Å²) in [6.45, 7) is 1.99. The van der Waals surface area contributed by atoms with Gasteiger partial charge >= 0.3 is 0 Å². The third kappa shape index (κ3) is 2.03. The number of aryl methyl sites for hydroxylation is 2. The maximum Gasteiger partial charge on any atom is 0.276 e. The molecular formula is C17H16BrN3O. The van der Waals surface area contributed by atoms with E-state index in [-0.39, 0.29) is 5.56 Å². The van der Waals surface area contributed by atoms with Gasteiger partial charge in [-0.1, -0.05) is 28.1 Å². The van der Waals surface area contributed by atoms with Crippen LogP contribution in [-0.4, -0.2) is 14.6 Å². The molecule has 0 amide bonds. The lowest BCUT2D eigenvalue weighted by molar-refractivity contribution is 0.651. The number of nitrogens with zero attached hydrogens (tertiary/aromatic N) is 2. The van der Waals surface area contributed by atoms with Crippen molar-refractivity contribution in [3.63, 3.8) is 0 Å². The fraction of sp³-hybridized carbons (Fsp3) is 0.294. The highest BCUT2D eigenvalue weighted by Crippen LogP contribution is 2.29. The summed E-state index contributed by atoms with van der Waals surface area (Å²) in [4.78, 5) is 17.5. The van der Waals surface area contributed by atoms with Gasteiger partial charge in [-0.15, -0.1) is 0 Å². The Balaban J connectivity index is 2.03. The Kier molecular flexibility index (Phi) is 3.18. The van der Waals surface area contributed by atoms with Crippen LogP contribution in [0.1, 0.15) is 29.8 Å². The molecular weight excluding hydrogens is 342 g/mol.